The first-order valence-electron chi connectivity index (χ1n) is 5.81. The summed E-state index contributed by atoms with van der Waals surface area (Å²) < 4.78 is 2.08. The summed E-state index contributed by atoms with van der Waals surface area (Å²) in [4.78, 5) is 0. The highest BCUT2D eigenvalue weighted by molar-refractivity contribution is 5.39. The highest BCUT2D eigenvalue weighted by atomic mass is 15.2. The number of unbranched alkanes of at least 4 members (excludes halogenated alkanes) is 2. The van der Waals surface area contributed by atoms with Gasteiger partial charge in [-0.15, -0.1) is 10.2 Å². The third kappa shape index (κ3) is 2.39. The van der Waals surface area contributed by atoms with Crippen LogP contribution in [0.1, 0.15) is 30.7 Å². The maximum atomic E-state index is 5.47. The van der Waals surface area contributed by atoms with Gasteiger partial charge in [0, 0.05) is 12.6 Å². The lowest BCUT2D eigenvalue weighted by atomic mass is 10.2. The standard InChI is InChI=1S/C12H18N4/c1-10-6-7-12-15-14-11(16(12)9-10)5-3-2-4-8-13/h6-7,9H,2-5,8,13H2,1H3. The molecule has 0 amide bonds. The van der Waals surface area contributed by atoms with Gasteiger partial charge in [-0.2, -0.15) is 0 Å². The Kier molecular flexibility index (Phi) is 3.51. The summed E-state index contributed by atoms with van der Waals surface area (Å²) in [7, 11) is 0. The SMILES string of the molecule is Cc1ccc2nnc(CCCCCN)n2c1. The van der Waals surface area contributed by atoms with E-state index in [1.807, 2.05) is 6.07 Å². The molecule has 0 atom stereocenters. The third-order valence-electron chi connectivity index (χ3n) is 2.73. The van der Waals surface area contributed by atoms with Gasteiger partial charge < -0.3 is 5.73 Å². The Hall–Kier alpha value is -1.42. The Bertz CT molecular complexity index is 461. The van der Waals surface area contributed by atoms with Crippen LogP contribution in [0.3, 0.4) is 0 Å². The quantitative estimate of drug-likeness (QED) is 0.777. The predicted octanol–water partition coefficient (Wildman–Crippen LogP) is 1.71. The smallest absolute Gasteiger partial charge is 0.160 e. The van der Waals surface area contributed by atoms with E-state index in [0.29, 0.717) is 0 Å². The van der Waals surface area contributed by atoms with Crippen molar-refractivity contribution in [3.05, 3.63) is 29.7 Å². The second kappa shape index (κ2) is 5.07. The second-order valence-corrected chi connectivity index (χ2v) is 4.15. The van der Waals surface area contributed by atoms with Gasteiger partial charge in [-0.1, -0.05) is 12.5 Å². The van der Waals surface area contributed by atoms with Gasteiger partial charge in [0.05, 0.1) is 0 Å². The average Bonchev–Trinajstić information content (AvgIpc) is 2.67. The van der Waals surface area contributed by atoms with E-state index >= 15 is 0 Å². The lowest BCUT2D eigenvalue weighted by molar-refractivity contribution is 0.665. The van der Waals surface area contributed by atoms with Crippen molar-refractivity contribution >= 4 is 5.65 Å². The molecule has 0 aliphatic heterocycles. The summed E-state index contributed by atoms with van der Waals surface area (Å²) in [5, 5.41) is 8.36. The van der Waals surface area contributed by atoms with Crippen LogP contribution in [0.25, 0.3) is 5.65 Å². The van der Waals surface area contributed by atoms with E-state index in [0.717, 1.165) is 43.7 Å². The fraction of sp³-hybridized carbons (Fsp3) is 0.500. The van der Waals surface area contributed by atoms with Crippen LogP contribution in [-0.4, -0.2) is 21.1 Å². The molecule has 4 heteroatoms. The van der Waals surface area contributed by atoms with Gasteiger partial charge in [0.1, 0.15) is 5.82 Å². The van der Waals surface area contributed by atoms with E-state index in [2.05, 4.69) is 33.8 Å². The molecule has 0 saturated heterocycles. The first kappa shape index (κ1) is 11.1. The van der Waals surface area contributed by atoms with Gasteiger partial charge in [-0.3, -0.25) is 4.40 Å². The number of aromatic nitrogens is 3. The monoisotopic (exact) mass is 218 g/mol. The molecule has 0 aliphatic carbocycles. The van der Waals surface area contributed by atoms with Crippen LogP contribution < -0.4 is 5.73 Å². The Morgan fingerprint density at radius 3 is 2.88 bits per heavy atom. The maximum Gasteiger partial charge on any atom is 0.160 e. The Balaban J connectivity index is 2.09. The Labute approximate surface area is 95.5 Å². The van der Waals surface area contributed by atoms with E-state index in [1.165, 1.54) is 5.56 Å². The molecule has 0 radical (unpaired) electrons. The van der Waals surface area contributed by atoms with Crippen LogP contribution in [0.5, 0.6) is 0 Å². The fourth-order valence-electron chi connectivity index (χ4n) is 1.82. The number of fused-ring (bicyclic) bond motifs is 1. The molecule has 0 bridgehead atoms. The topological polar surface area (TPSA) is 56.2 Å². The number of rotatable bonds is 5. The van der Waals surface area contributed by atoms with Gasteiger partial charge in [-0.25, -0.2) is 0 Å². The molecule has 4 nitrogen and oxygen atoms in total. The highest BCUT2D eigenvalue weighted by Crippen LogP contribution is 2.09. The molecule has 0 unspecified atom stereocenters. The first-order valence-corrected chi connectivity index (χ1v) is 5.81. The normalized spacial score (nSPS) is 11.1. The number of hydrogen-bond acceptors (Lipinski definition) is 3. The fourth-order valence-corrected chi connectivity index (χ4v) is 1.82. The van der Waals surface area contributed by atoms with Crippen LogP contribution >= 0.6 is 0 Å². The van der Waals surface area contributed by atoms with E-state index in [-0.39, 0.29) is 0 Å². The Morgan fingerprint density at radius 2 is 2.06 bits per heavy atom. The van der Waals surface area contributed by atoms with Crippen molar-refractivity contribution in [3.8, 4) is 0 Å². The van der Waals surface area contributed by atoms with Crippen molar-refractivity contribution in [1.82, 2.24) is 14.6 Å². The lowest BCUT2D eigenvalue weighted by Crippen LogP contribution is -2.00. The van der Waals surface area contributed by atoms with E-state index in [4.69, 9.17) is 5.73 Å². The molecular weight excluding hydrogens is 200 g/mol. The van der Waals surface area contributed by atoms with E-state index in [9.17, 15) is 0 Å². The number of pyridine rings is 1. The van der Waals surface area contributed by atoms with Gasteiger partial charge in [0.15, 0.2) is 5.65 Å². The third-order valence-corrected chi connectivity index (χ3v) is 2.73. The molecular formula is C12H18N4. The van der Waals surface area contributed by atoms with Crippen molar-refractivity contribution in [2.24, 2.45) is 5.73 Å². The van der Waals surface area contributed by atoms with Crippen LogP contribution in [0.2, 0.25) is 0 Å². The minimum atomic E-state index is 0.777. The molecule has 0 fully saturated rings. The predicted molar refractivity (Wildman–Crippen MR) is 64.3 cm³/mol. The van der Waals surface area contributed by atoms with Crippen molar-refractivity contribution < 1.29 is 0 Å². The Morgan fingerprint density at radius 1 is 1.19 bits per heavy atom. The summed E-state index contributed by atoms with van der Waals surface area (Å²) in [6.45, 7) is 2.86. The zero-order chi connectivity index (χ0) is 11.4. The van der Waals surface area contributed by atoms with Crippen molar-refractivity contribution in [3.63, 3.8) is 0 Å². The maximum absolute atomic E-state index is 5.47. The molecule has 86 valence electrons. The van der Waals surface area contributed by atoms with Crippen molar-refractivity contribution in [2.45, 2.75) is 32.6 Å². The zero-order valence-corrected chi connectivity index (χ0v) is 9.69. The largest absolute Gasteiger partial charge is 0.330 e. The molecule has 0 spiro atoms. The summed E-state index contributed by atoms with van der Waals surface area (Å²) >= 11 is 0. The number of nitrogens with two attached hydrogens (primary N) is 1. The van der Waals surface area contributed by atoms with Crippen molar-refractivity contribution in [1.29, 1.82) is 0 Å². The van der Waals surface area contributed by atoms with Crippen LogP contribution in [0, 0.1) is 6.92 Å². The molecule has 0 aliphatic rings. The minimum Gasteiger partial charge on any atom is -0.330 e. The number of nitrogens with zero attached hydrogens (tertiary/aromatic N) is 3. The summed E-state index contributed by atoms with van der Waals surface area (Å²) in [6, 6.07) is 4.06. The van der Waals surface area contributed by atoms with Crippen molar-refractivity contribution in [2.75, 3.05) is 6.54 Å². The van der Waals surface area contributed by atoms with Crippen LogP contribution in [0.4, 0.5) is 0 Å². The number of hydrogen-bond donors (Lipinski definition) is 1. The average molecular weight is 218 g/mol. The van der Waals surface area contributed by atoms with Crippen LogP contribution in [0.15, 0.2) is 18.3 Å². The number of aryl methyl sites for hydroxylation is 2. The zero-order valence-electron chi connectivity index (χ0n) is 9.69. The molecule has 2 rings (SSSR count). The van der Waals surface area contributed by atoms with Gasteiger partial charge >= 0.3 is 0 Å². The molecule has 2 heterocycles. The van der Waals surface area contributed by atoms with Gasteiger partial charge in [0.25, 0.3) is 0 Å². The van der Waals surface area contributed by atoms with E-state index < -0.39 is 0 Å². The summed E-state index contributed by atoms with van der Waals surface area (Å²) in [5.41, 5.74) is 7.63. The van der Waals surface area contributed by atoms with E-state index in [1.54, 1.807) is 0 Å². The molecule has 2 N–H and O–H groups in total. The molecule has 0 saturated carbocycles. The first-order chi connectivity index (χ1) is 7.81. The van der Waals surface area contributed by atoms with Crippen LogP contribution in [-0.2, 0) is 6.42 Å². The molecule has 2 aromatic rings. The highest BCUT2D eigenvalue weighted by Gasteiger charge is 2.04. The summed E-state index contributed by atoms with van der Waals surface area (Å²) in [5.74, 6) is 1.05. The lowest BCUT2D eigenvalue weighted by Gasteiger charge is -2.00. The molecule has 0 aromatic carbocycles. The second-order valence-electron chi connectivity index (χ2n) is 4.15. The summed E-state index contributed by atoms with van der Waals surface area (Å²) in [6.07, 6.45) is 6.46. The molecule has 16 heavy (non-hydrogen) atoms. The van der Waals surface area contributed by atoms with Gasteiger partial charge in [-0.05, 0) is 37.9 Å². The minimum absolute atomic E-state index is 0.777. The van der Waals surface area contributed by atoms with Gasteiger partial charge in [0.2, 0.25) is 0 Å². The molecule has 2 aromatic heterocycles.